The minimum absolute atomic E-state index is 0.132. The van der Waals surface area contributed by atoms with E-state index in [1.807, 2.05) is 31.3 Å². The van der Waals surface area contributed by atoms with Gasteiger partial charge >= 0.3 is 0 Å². The number of pyridine rings is 1. The van der Waals surface area contributed by atoms with Gasteiger partial charge in [0.25, 0.3) is 0 Å². The zero-order valence-electron chi connectivity index (χ0n) is 8.94. The van der Waals surface area contributed by atoms with Gasteiger partial charge in [0.15, 0.2) is 0 Å². The van der Waals surface area contributed by atoms with Crippen LogP contribution >= 0.6 is 0 Å². The zero-order chi connectivity index (χ0) is 11.1. The molecular formula is C13H14FN. The highest BCUT2D eigenvalue weighted by Gasteiger charge is 1.88. The first kappa shape index (κ1) is 11.4. The molecule has 0 bridgehead atoms. The van der Waals surface area contributed by atoms with Crippen molar-refractivity contribution < 1.29 is 4.39 Å². The molecule has 0 saturated carbocycles. The maximum Gasteiger partial charge on any atom is 0.126 e. The number of rotatable bonds is 0. The van der Waals surface area contributed by atoms with E-state index in [1.165, 1.54) is 11.6 Å². The maximum absolute atomic E-state index is 12.3. The summed E-state index contributed by atoms with van der Waals surface area (Å²) >= 11 is 0. The molecule has 1 aromatic heterocycles. The van der Waals surface area contributed by atoms with E-state index in [1.54, 1.807) is 25.3 Å². The SMILES string of the molecule is Cc1ccccc1F.Cc1cccnc1. The molecule has 0 amide bonds. The number of hydrogen-bond donors (Lipinski definition) is 0. The highest BCUT2D eigenvalue weighted by Crippen LogP contribution is 2.01. The molecule has 0 atom stereocenters. The van der Waals surface area contributed by atoms with Crippen LogP contribution in [-0.2, 0) is 0 Å². The second-order valence-corrected chi connectivity index (χ2v) is 3.28. The van der Waals surface area contributed by atoms with Gasteiger partial charge in [-0.1, -0.05) is 24.3 Å². The monoisotopic (exact) mass is 203 g/mol. The summed E-state index contributed by atoms with van der Waals surface area (Å²) < 4.78 is 12.3. The molecule has 0 aliphatic carbocycles. The van der Waals surface area contributed by atoms with Crippen LogP contribution in [0.2, 0.25) is 0 Å². The van der Waals surface area contributed by atoms with Crippen LogP contribution in [-0.4, -0.2) is 4.98 Å². The molecule has 0 aliphatic heterocycles. The van der Waals surface area contributed by atoms with E-state index < -0.39 is 0 Å². The average Bonchev–Trinajstić information content (AvgIpc) is 2.25. The highest BCUT2D eigenvalue weighted by atomic mass is 19.1. The number of aromatic nitrogens is 1. The van der Waals surface area contributed by atoms with Gasteiger partial charge < -0.3 is 0 Å². The van der Waals surface area contributed by atoms with Crippen molar-refractivity contribution in [2.45, 2.75) is 13.8 Å². The van der Waals surface area contributed by atoms with E-state index in [2.05, 4.69) is 4.98 Å². The predicted molar refractivity (Wildman–Crippen MR) is 60.1 cm³/mol. The van der Waals surface area contributed by atoms with E-state index in [-0.39, 0.29) is 5.82 Å². The first-order valence-corrected chi connectivity index (χ1v) is 4.78. The lowest BCUT2D eigenvalue weighted by atomic mass is 10.2. The molecule has 2 rings (SSSR count). The Labute approximate surface area is 89.6 Å². The Bertz CT molecular complexity index is 377. The molecule has 1 heterocycles. The average molecular weight is 203 g/mol. The van der Waals surface area contributed by atoms with Crippen molar-refractivity contribution in [3.8, 4) is 0 Å². The Balaban J connectivity index is 0.000000151. The fourth-order valence-electron chi connectivity index (χ4n) is 0.999. The molecule has 0 unspecified atom stereocenters. The Morgan fingerprint density at radius 3 is 2.07 bits per heavy atom. The van der Waals surface area contributed by atoms with Crippen molar-refractivity contribution in [3.05, 3.63) is 65.7 Å². The number of nitrogens with zero attached hydrogens (tertiary/aromatic N) is 1. The van der Waals surface area contributed by atoms with Crippen LogP contribution in [0.15, 0.2) is 48.8 Å². The molecule has 2 heteroatoms. The summed E-state index contributed by atoms with van der Waals surface area (Å²) in [5.74, 6) is -0.132. The van der Waals surface area contributed by atoms with Gasteiger partial charge in [0, 0.05) is 12.4 Å². The summed E-state index contributed by atoms with van der Waals surface area (Å²) in [5, 5.41) is 0. The Morgan fingerprint density at radius 2 is 1.73 bits per heavy atom. The number of benzene rings is 1. The minimum atomic E-state index is -0.132. The first-order chi connectivity index (χ1) is 7.20. The molecule has 0 saturated heterocycles. The van der Waals surface area contributed by atoms with E-state index >= 15 is 0 Å². The lowest BCUT2D eigenvalue weighted by Gasteiger charge is -1.89. The van der Waals surface area contributed by atoms with Crippen molar-refractivity contribution >= 4 is 0 Å². The van der Waals surface area contributed by atoms with Gasteiger partial charge in [-0.2, -0.15) is 0 Å². The van der Waals surface area contributed by atoms with Crippen molar-refractivity contribution in [2.75, 3.05) is 0 Å². The van der Waals surface area contributed by atoms with Crippen LogP contribution in [0.4, 0.5) is 4.39 Å². The number of hydrogen-bond acceptors (Lipinski definition) is 1. The summed E-state index contributed by atoms with van der Waals surface area (Å²) in [6.07, 6.45) is 3.60. The van der Waals surface area contributed by atoms with E-state index in [4.69, 9.17) is 0 Å². The molecule has 78 valence electrons. The van der Waals surface area contributed by atoms with Gasteiger partial charge in [-0.15, -0.1) is 0 Å². The first-order valence-electron chi connectivity index (χ1n) is 4.78. The second kappa shape index (κ2) is 5.91. The van der Waals surface area contributed by atoms with Crippen LogP contribution in [0.1, 0.15) is 11.1 Å². The third kappa shape index (κ3) is 4.36. The van der Waals surface area contributed by atoms with E-state index in [0.29, 0.717) is 5.56 Å². The Kier molecular flexibility index (Phi) is 4.48. The molecule has 0 radical (unpaired) electrons. The number of halogens is 1. The summed E-state index contributed by atoms with van der Waals surface area (Å²) in [7, 11) is 0. The number of aryl methyl sites for hydroxylation is 2. The Hall–Kier alpha value is -1.70. The minimum Gasteiger partial charge on any atom is -0.264 e. The van der Waals surface area contributed by atoms with Crippen molar-refractivity contribution in [3.63, 3.8) is 0 Å². The third-order valence-electron chi connectivity index (χ3n) is 1.89. The van der Waals surface area contributed by atoms with Crippen LogP contribution in [0.3, 0.4) is 0 Å². The van der Waals surface area contributed by atoms with Crippen LogP contribution < -0.4 is 0 Å². The normalized spacial score (nSPS) is 9.00. The molecule has 1 aromatic carbocycles. The Morgan fingerprint density at radius 1 is 1.00 bits per heavy atom. The van der Waals surface area contributed by atoms with Gasteiger partial charge in [-0.05, 0) is 37.1 Å². The molecule has 0 aliphatic rings. The van der Waals surface area contributed by atoms with Crippen LogP contribution in [0.5, 0.6) is 0 Å². The standard InChI is InChI=1S/C7H7F.C6H7N/c1-6-4-2-3-5-7(6)8;1-6-3-2-4-7-5-6/h2-5H,1H3;2-5H,1H3. The fraction of sp³-hybridized carbons (Fsp3) is 0.154. The summed E-state index contributed by atoms with van der Waals surface area (Å²) in [5.41, 5.74) is 1.91. The molecule has 0 N–H and O–H groups in total. The van der Waals surface area contributed by atoms with Crippen LogP contribution in [0.25, 0.3) is 0 Å². The zero-order valence-corrected chi connectivity index (χ0v) is 8.94. The lowest BCUT2D eigenvalue weighted by molar-refractivity contribution is 0.618. The molecule has 15 heavy (non-hydrogen) atoms. The van der Waals surface area contributed by atoms with Crippen molar-refractivity contribution in [1.82, 2.24) is 4.98 Å². The lowest BCUT2D eigenvalue weighted by Crippen LogP contribution is -1.76. The van der Waals surface area contributed by atoms with Gasteiger partial charge in [-0.25, -0.2) is 4.39 Å². The summed E-state index contributed by atoms with van der Waals surface area (Å²) in [6, 6.07) is 10.6. The van der Waals surface area contributed by atoms with E-state index in [0.717, 1.165) is 0 Å². The fourth-order valence-corrected chi connectivity index (χ4v) is 0.999. The van der Waals surface area contributed by atoms with Gasteiger partial charge in [-0.3, -0.25) is 4.98 Å². The van der Waals surface area contributed by atoms with Gasteiger partial charge in [0.2, 0.25) is 0 Å². The largest absolute Gasteiger partial charge is 0.264 e. The van der Waals surface area contributed by atoms with Gasteiger partial charge in [0.05, 0.1) is 0 Å². The van der Waals surface area contributed by atoms with Crippen LogP contribution in [0, 0.1) is 19.7 Å². The molecular weight excluding hydrogens is 189 g/mol. The quantitative estimate of drug-likeness (QED) is 0.638. The summed E-state index contributed by atoms with van der Waals surface area (Å²) in [4.78, 5) is 3.88. The molecule has 1 nitrogen and oxygen atoms in total. The molecule has 0 fully saturated rings. The topological polar surface area (TPSA) is 12.9 Å². The molecule has 0 spiro atoms. The maximum atomic E-state index is 12.3. The highest BCUT2D eigenvalue weighted by molar-refractivity contribution is 5.14. The third-order valence-corrected chi connectivity index (χ3v) is 1.89. The second-order valence-electron chi connectivity index (χ2n) is 3.28. The summed E-state index contributed by atoms with van der Waals surface area (Å²) in [6.45, 7) is 3.77. The molecule has 2 aromatic rings. The predicted octanol–water partition coefficient (Wildman–Crippen LogP) is 3.52. The van der Waals surface area contributed by atoms with Gasteiger partial charge in [0.1, 0.15) is 5.82 Å². The van der Waals surface area contributed by atoms with Crippen molar-refractivity contribution in [2.24, 2.45) is 0 Å². The van der Waals surface area contributed by atoms with Crippen molar-refractivity contribution in [1.29, 1.82) is 0 Å². The van der Waals surface area contributed by atoms with E-state index in [9.17, 15) is 4.39 Å². The smallest absolute Gasteiger partial charge is 0.126 e.